The van der Waals surface area contributed by atoms with Crippen LogP contribution in [0.4, 0.5) is 0 Å². The highest BCUT2D eigenvalue weighted by atomic mass is 16.5. The molecular weight excluding hydrogens is 250 g/mol. The first-order chi connectivity index (χ1) is 9.63. The lowest BCUT2D eigenvalue weighted by atomic mass is 10.1. The van der Waals surface area contributed by atoms with Crippen LogP contribution in [0.25, 0.3) is 0 Å². The van der Waals surface area contributed by atoms with Gasteiger partial charge in [0.25, 0.3) is 0 Å². The molecule has 0 heterocycles. The van der Waals surface area contributed by atoms with Crippen molar-refractivity contribution in [1.29, 1.82) is 0 Å². The number of aryl methyl sites for hydroxylation is 1. The van der Waals surface area contributed by atoms with E-state index in [-0.39, 0.29) is 0 Å². The molecule has 0 aliphatic heterocycles. The summed E-state index contributed by atoms with van der Waals surface area (Å²) in [5.74, 6) is 2.59. The number of aliphatic imine (C=N–C) groups is 1. The third-order valence-corrected chi connectivity index (χ3v) is 3.67. The fourth-order valence-corrected chi connectivity index (χ4v) is 2.15. The Morgan fingerprint density at radius 3 is 2.80 bits per heavy atom. The van der Waals surface area contributed by atoms with Gasteiger partial charge in [-0.25, -0.2) is 4.99 Å². The largest absolute Gasteiger partial charge is 0.496 e. The average Bonchev–Trinajstić information content (AvgIpc) is 3.13. The number of hydrogen-bond acceptors (Lipinski definition) is 2. The van der Waals surface area contributed by atoms with Crippen LogP contribution in [0.3, 0.4) is 0 Å². The Hall–Kier alpha value is -1.71. The van der Waals surface area contributed by atoms with Crippen molar-refractivity contribution >= 4 is 5.96 Å². The molecule has 4 heteroatoms. The molecule has 1 saturated carbocycles. The van der Waals surface area contributed by atoms with E-state index in [0.717, 1.165) is 35.3 Å². The Bertz CT molecular complexity index is 485. The zero-order valence-electron chi connectivity index (χ0n) is 12.9. The van der Waals surface area contributed by atoms with Gasteiger partial charge in [0, 0.05) is 12.6 Å². The summed E-state index contributed by atoms with van der Waals surface area (Å²) in [5, 5.41) is 6.75. The maximum atomic E-state index is 5.35. The van der Waals surface area contributed by atoms with Crippen LogP contribution in [0.5, 0.6) is 5.75 Å². The second-order valence-corrected chi connectivity index (χ2v) is 5.46. The summed E-state index contributed by atoms with van der Waals surface area (Å²) in [7, 11) is 1.70. The monoisotopic (exact) mass is 275 g/mol. The zero-order valence-corrected chi connectivity index (χ0v) is 12.9. The molecule has 0 saturated heterocycles. The number of methoxy groups -OCH3 is 1. The predicted molar refractivity (Wildman–Crippen MR) is 83.3 cm³/mol. The molecule has 0 bridgehead atoms. The Morgan fingerprint density at radius 2 is 2.20 bits per heavy atom. The van der Waals surface area contributed by atoms with E-state index in [1.165, 1.54) is 6.42 Å². The van der Waals surface area contributed by atoms with Crippen molar-refractivity contribution in [2.24, 2.45) is 10.9 Å². The van der Waals surface area contributed by atoms with Gasteiger partial charge < -0.3 is 15.4 Å². The average molecular weight is 275 g/mol. The molecule has 0 radical (unpaired) electrons. The molecule has 2 atom stereocenters. The van der Waals surface area contributed by atoms with E-state index in [9.17, 15) is 0 Å². The van der Waals surface area contributed by atoms with Crippen molar-refractivity contribution < 1.29 is 4.74 Å². The van der Waals surface area contributed by atoms with Gasteiger partial charge in [-0.3, -0.25) is 0 Å². The summed E-state index contributed by atoms with van der Waals surface area (Å²) >= 11 is 0. The molecule has 0 amide bonds. The van der Waals surface area contributed by atoms with Crippen molar-refractivity contribution in [2.45, 2.75) is 39.8 Å². The summed E-state index contributed by atoms with van der Waals surface area (Å²) in [6.07, 6.45) is 1.24. The van der Waals surface area contributed by atoms with Gasteiger partial charge >= 0.3 is 0 Å². The number of hydrogen-bond donors (Lipinski definition) is 2. The number of nitrogens with zero attached hydrogens (tertiary/aromatic N) is 1. The first-order valence-electron chi connectivity index (χ1n) is 7.32. The minimum atomic E-state index is 0.584. The molecule has 20 heavy (non-hydrogen) atoms. The van der Waals surface area contributed by atoms with Gasteiger partial charge in [0.1, 0.15) is 5.75 Å². The van der Waals surface area contributed by atoms with Crippen molar-refractivity contribution in [2.75, 3.05) is 13.7 Å². The van der Waals surface area contributed by atoms with Crippen LogP contribution in [0, 0.1) is 12.8 Å². The lowest BCUT2D eigenvalue weighted by molar-refractivity contribution is 0.411. The second kappa shape index (κ2) is 6.64. The van der Waals surface area contributed by atoms with Gasteiger partial charge in [0.05, 0.1) is 13.7 Å². The second-order valence-electron chi connectivity index (χ2n) is 5.46. The smallest absolute Gasteiger partial charge is 0.191 e. The van der Waals surface area contributed by atoms with E-state index < -0.39 is 0 Å². The van der Waals surface area contributed by atoms with E-state index in [2.05, 4.69) is 47.7 Å². The molecule has 2 unspecified atom stereocenters. The summed E-state index contributed by atoms with van der Waals surface area (Å²) in [6, 6.07) is 6.82. The number of rotatable bonds is 5. The molecule has 0 spiro atoms. The Kier molecular flexibility index (Phi) is 4.88. The summed E-state index contributed by atoms with van der Waals surface area (Å²) < 4.78 is 5.35. The SMILES string of the molecule is CCNC(=NCc1ccc(C)c(OC)c1)NC1CC1C. The highest BCUT2D eigenvalue weighted by molar-refractivity contribution is 5.80. The van der Waals surface area contributed by atoms with Gasteiger partial charge in [-0.1, -0.05) is 19.1 Å². The standard InChI is InChI=1S/C16H25N3O/c1-5-17-16(19-14-8-12(14)3)18-10-13-7-6-11(2)15(9-13)20-4/h6-7,9,12,14H,5,8,10H2,1-4H3,(H2,17,18,19). The fourth-order valence-electron chi connectivity index (χ4n) is 2.15. The molecule has 2 rings (SSSR count). The number of benzene rings is 1. The van der Waals surface area contributed by atoms with E-state index >= 15 is 0 Å². The van der Waals surface area contributed by atoms with Gasteiger partial charge in [-0.05, 0) is 43.4 Å². The van der Waals surface area contributed by atoms with E-state index in [1.807, 2.05) is 6.92 Å². The summed E-state index contributed by atoms with van der Waals surface area (Å²) in [4.78, 5) is 4.64. The molecule has 110 valence electrons. The normalized spacial score (nSPS) is 21.5. The molecule has 1 aliphatic carbocycles. The van der Waals surface area contributed by atoms with Gasteiger partial charge in [0.15, 0.2) is 5.96 Å². The van der Waals surface area contributed by atoms with Crippen LogP contribution in [-0.4, -0.2) is 25.7 Å². The van der Waals surface area contributed by atoms with Gasteiger partial charge in [0.2, 0.25) is 0 Å². The zero-order chi connectivity index (χ0) is 14.5. The van der Waals surface area contributed by atoms with Crippen LogP contribution in [-0.2, 0) is 6.54 Å². The third-order valence-electron chi connectivity index (χ3n) is 3.67. The molecule has 2 N–H and O–H groups in total. The van der Waals surface area contributed by atoms with Gasteiger partial charge in [-0.15, -0.1) is 0 Å². The molecule has 0 aromatic heterocycles. The maximum absolute atomic E-state index is 5.35. The van der Waals surface area contributed by atoms with Crippen LogP contribution in [0.15, 0.2) is 23.2 Å². The lowest BCUT2D eigenvalue weighted by Gasteiger charge is -2.11. The maximum Gasteiger partial charge on any atom is 0.191 e. The molecule has 4 nitrogen and oxygen atoms in total. The highest BCUT2D eigenvalue weighted by Gasteiger charge is 2.33. The number of guanidine groups is 1. The van der Waals surface area contributed by atoms with Gasteiger partial charge in [-0.2, -0.15) is 0 Å². The molecule has 1 fully saturated rings. The fraction of sp³-hybridized carbons (Fsp3) is 0.562. The van der Waals surface area contributed by atoms with Crippen LogP contribution >= 0.6 is 0 Å². The van der Waals surface area contributed by atoms with Crippen LogP contribution in [0.2, 0.25) is 0 Å². The van der Waals surface area contributed by atoms with Crippen LogP contribution in [0.1, 0.15) is 31.4 Å². The minimum absolute atomic E-state index is 0.584. The number of nitrogens with one attached hydrogen (secondary N) is 2. The summed E-state index contributed by atoms with van der Waals surface area (Å²) in [6.45, 7) is 7.93. The Morgan fingerprint density at radius 1 is 1.45 bits per heavy atom. The number of ether oxygens (including phenoxy) is 1. The van der Waals surface area contributed by atoms with E-state index in [4.69, 9.17) is 4.74 Å². The summed E-state index contributed by atoms with van der Waals surface area (Å²) in [5.41, 5.74) is 2.31. The molecule has 1 aromatic carbocycles. The van der Waals surface area contributed by atoms with E-state index in [0.29, 0.717) is 12.6 Å². The minimum Gasteiger partial charge on any atom is -0.496 e. The quantitative estimate of drug-likeness (QED) is 0.641. The Labute approximate surface area is 121 Å². The van der Waals surface area contributed by atoms with Crippen molar-refractivity contribution in [3.63, 3.8) is 0 Å². The van der Waals surface area contributed by atoms with Crippen molar-refractivity contribution in [1.82, 2.24) is 10.6 Å². The highest BCUT2D eigenvalue weighted by Crippen LogP contribution is 2.28. The van der Waals surface area contributed by atoms with Crippen molar-refractivity contribution in [3.8, 4) is 5.75 Å². The predicted octanol–water partition coefficient (Wildman–Crippen LogP) is 2.47. The Balaban J connectivity index is 2.00. The molecule has 1 aromatic rings. The lowest BCUT2D eigenvalue weighted by Crippen LogP contribution is -2.39. The topological polar surface area (TPSA) is 45.7 Å². The third kappa shape index (κ3) is 3.89. The first-order valence-corrected chi connectivity index (χ1v) is 7.32. The van der Waals surface area contributed by atoms with Crippen molar-refractivity contribution in [3.05, 3.63) is 29.3 Å². The van der Waals surface area contributed by atoms with E-state index in [1.54, 1.807) is 7.11 Å². The first kappa shape index (κ1) is 14.7. The molecular formula is C16H25N3O. The molecule has 1 aliphatic rings. The van der Waals surface area contributed by atoms with Crippen LogP contribution < -0.4 is 15.4 Å².